The Bertz CT molecular complexity index is 1430. The van der Waals surface area contributed by atoms with Crippen LogP contribution in [0.4, 0.5) is 30.2 Å². The molecule has 0 bridgehead atoms. The van der Waals surface area contributed by atoms with Crippen LogP contribution in [-0.4, -0.2) is 29.8 Å². The third-order valence-corrected chi connectivity index (χ3v) is 7.19. The summed E-state index contributed by atoms with van der Waals surface area (Å²) >= 11 is 0. The second-order valence-corrected chi connectivity index (χ2v) is 9.68. The molecule has 0 radical (unpaired) electrons. The van der Waals surface area contributed by atoms with Gasteiger partial charge in [-0.3, -0.25) is 9.88 Å². The number of anilines is 3. The van der Waals surface area contributed by atoms with Crippen molar-refractivity contribution in [2.75, 3.05) is 22.9 Å². The van der Waals surface area contributed by atoms with E-state index < -0.39 is 11.7 Å². The van der Waals surface area contributed by atoms with Crippen LogP contribution in [0, 0.1) is 18.2 Å². The maximum absolute atomic E-state index is 14.4. The molecular formula is C26H24BF3N6. The van der Waals surface area contributed by atoms with Gasteiger partial charge < -0.3 is 10.2 Å². The lowest BCUT2D eigenvalue weighted by Gasteiger charge is -2.36. The average molecular weight is 488 g/mol. The van der Waals surface area contributed by atoms with Crippen LogP contribution in [0.5, 0.6) is 0 Å². The molecule has 0 amide bonds. The van der Waals surface area contributed by atoms with E-state index in [2.05, 4.69) is 16.3 Å². The number of aryl methyl sites for hydroxylation is 1. The fraction of sp³-hybridized carbons (Fsp3) is 0.346. The molecule has 0 atom stereocenters. The smallest absolute Gasteiger partial charge is 0.372 e. The fourth-order valence-electron chi connectivity index (χ4n) is 5.19. The Morgan fingerprint density at radius 2 is 1.89 bits per heavy atom. The molecular weight excluding hydrogens is 464 g/mol. The highest BCUT2D eigenvalue weighted by Gasteiger charge is 2.38. The zero-order chi connectivity index (χ0) is 25.0. The van der Waals surface area contributed by atoms with E-state index in [1.54, 1.807) is 23.2 Å². The summed E-state index contributed by atoms with van der Waals surface area (Å²) in [4.78, 5) is 12.9. The molecule has 6 rings (SSSR count). The molecule has 2 aromatic heterocycles. The Labute approximate surface area is 207 Å². The number of alkyl halides is 3. The summed E-state index contributed by atoms with van der Waals surface area (Å²) in [5, 5.41) is 12.6. The Balaban J connectivity index is 1.51. The lowest BCUT2D eigenvalue weighted by atomic mass is 9.45. The van der Waals surface area contributed by atoms with Crippen LogP contribution in [0.15, 0.2) is 47.9 Å². The SMILES string of the molecule is Cc1ccc2ncc3c(c2n1)N(c1ccc(N2CCB(C#N)CC2)c(C(F)(F)F)c1)C(=C1CC1)NC3. The van der Waals surface area contributed by atoms with Gasteiger partial charge in [0, 0.05) is 54.4 Å². The summed E-state index contributed by atoms with van der Waals surface area (Å²) in [6.45, 7) is 3.21. The number of nitriles is 1. The van der Waals surface area contributed by atoms with Crippen molar-refractivity contribution in [2.45, 2.75) is 45.1 Å². The molecule has 4 heterocycles. The zero-order valence-electron chi connectivity index (χ0n) is 19.9. The highest BCUT2D eigenvalue weighted by molar-refractivity contribution is 6.67. The van der Waals surface area contributed by atoms with E-state index in [1.165, 1.54) is 11.6 Å². The van der Waals surface area contributed by atoms with Crippen molar-refractivity contribution in [1.29, 1.82) is 5.26 Å². The normalized spacial score (nSPS) is 17.7. The van der Waals surface area contributed by atoms with Crippen molar-refractivity contribution in [3.05, 3.63) is 64.7 Å². The van der Waals surface area contributed by atoms with Crippen LogP contribution in [0.25, 0.3) is 11.0 Å². The van der Waals surface area contributed by atoms with Crippen LogP contribution in [-0.2, 0) is 12.7 Å². The number of benzene rings is 1. The van der Waals surface area contributed by atoms with Crippen molar-refractivity contribution in [2.24, 2.45) is 0 Å². The van der Waals surface area contributed by atoms with Crippen LogP contribution >= 0.6 is 0 Å². The van der Waals surface area contributed by atoms with Crippen molar-refractivity contribution >= 4 is 34.8 Å². The Kier molecular flexibility index (Phi) is 5.32. The quantitative estimate of drug-likeness (QED) is 0.475. The number of nitrogens with zero attached hydrogens (tertiary/aromatic N) is 5. The van der Waals surface area contributed by atoms with Crippen LogP contribution in [0.1, 0.15) is 29.7 Å². The number of pyridine rings is 2. The van der Waals surface area contributed by atoms with Crippen molar-refractivity contribution in [1.82, 2.24) is 15.3 Å². The predicted octanol–water partition coefficient (Wildman–Crippen LogP) is 5.58. The van der Waals surface area contributed by atoms with Gasteiger partial charge in [0.05, 0.1) is 16.8 Å². The molecule has 3 aromatic rings. The number of halogens is 3. The second kappa shape index (κ2) is 8.44. The van der Waals surface area contributed by atoms with Gasteiger partial charge in [-0.1, -0.05) is 0 Å². The largest absolute Gasteiger partial charge is 0.418 e. The molecule has 3 aliphatic rings. The van der Waals surface area contributed by atoms with Crippen LogP contribution in [0.3, 0.4) is 0 Å². The number of hydrogen-bond acceptors (Lipinski definition) is 6. The summed E-state index contributed by atoms with van der Waals surface area (Å²) in [6, 6.07) is 8.39. The van der Waals surface area contributed by atoms with Gasteiger partial charge in [-0.25, -0.2) is 10.2 Å². The molecule has 1 saturated heterocycles. The zero-order valence-corrected chi connectivity index (χ0v) is 19.9. The molecule has 2 fully saturated rings. The van der Waals surface area contributed by atoms with Crippen LogP contribution < -0.4 is 15.1 Å². The van der Waals surface area contributed by atoms with Crippen LogP contribution in [0.2, 0.25) is 12.6 Å². The van der Waals surface area contributed by atoms with Crippen molar-refractivity contribution in [3.63, 3.8) is 0 Å². The third-order valence-electron chi connectivity index (χ3n) is 7.19. The van der Waals surface area contributed by atoms with E-state index in [9.17, 15) is 18.4 Å². The first-order valence-electron chi connectivity index (χ1n) is 12.2. The first-order valence-corrected chi connectivity index (χ1v) is 12.2. The number of nitrogens with one attached hydrogen (secondary N) is 1. The molecule has 182 valence electrons. The topological polar surface area (TPSA) is 68.1 Å². The number of aromatic nitrogens is 2. The number of hydrogen-bond donors (Lipinski definition) is 1. The summed E-state index contributed by atoms with van der Waals surface area (Å²) in [5.41, 5.74) is 5.03. The molecule has 1 N–H and O–H groups in total. The molecule has 0 spiro atoms. The lowest BCUT2D eigenvalue weighted by Crippen LogP contribution is -2.38. The predicted molar refractivity (Wildman–Crippen MR) is 134 cm³/mol. The molecule has 1 saturated carbocycles. The monoisotopic (exact) mass is 488 g/mol. The third kappa shape index (κ3) is 3.92. The lowest BCUT2D eigenvalue weighted by molar-refractivity contribution is -0.137. The Hall–Kier alpha value is -3.74. The van der Waals surface area contributed by atoms with Gasteiger partial charge in [0.2, 0.25) is 0 Å². The first-order chi connectivity index (χ1) is 17.3. The van der Waals surface area contributed by atoms with Gasteiger partial charge >= 0.3 is 6.18 Å². The van der Waals surface area contributed by atoms with Gasteiger partial charge in [0.15, 0.2) is 0 Å². The summed E-state index contributed by atoms with van der Waals surface area (Å²) in [6.07, 6.45) is 0.231. The molecule has 10 heteroatoms. The molecule has 2 aliphatic heterocycles. The summed E-state index contributed by atoms with van der Waals surface area (Å²) in [5.74, 6) is 3.09. The highest BCUT2D eigenvalue weighted by atomic mass is 19.4. The van der Waals surface area contributed by atoms with E-state index in [4.69, 9.17) is 4.98 Å². The van der Waals surface area contributed by atoms with E-state index in [0.29, 0.717) is 49.0 Å². The average Bonchev–Trinajstić information content (AvgIpc) is 3.72. The minimum atomic E-state index is -4.52. The minimum Gasteiger partial charge on any atom is -0.372 e. The van der Waals surface area contributed by atoms with Gasteiger partial charge in [0.1, 0.15) is 11.3 Å². The molecule has 1 aliphatic carbocycles. The second-order valence-electron chi connectivity index (χ2n) is 9.68. The molecule has 1 aromatic carbocycles. The first kappa shape index (κ1) is 22.7. The van der Waals surface area contributed by atoms with Gasteiger partial charge in [-0.15, -0.1) is 0 Å². The van der Waals surface area contributed by atoms with E-state index in [0.717, 1.165) is 35.6 Å². The molecule has 6 nitrogen and oxygen atoms in total. The minimum absolute atomic E-state index is 0.101. The molecule has 36 heavy (non-hydrogen) atoms. The number of fused-ring (bicyclic) bond motifs is 3. The highest BCUT2D eigenvalue weighted by Crippen LogP contribution is 2.46. The van der Waals surface area contributed by atoms with E-state index in [-0.39, 0.29) is 12.4 Å². The molecule has 0 unspecified atom stereocenters. The summed E-state index contributed by atoms with van der Waals surface area (Å²) in [7, 11) is 0. The maximum atomic E-state index is 14.4. The Morgan fingerprint density at radius 3 is 2.58 bits per heavy atom. The van der Waals surface area contributed by atoms with Crippen molar-refractivity contribution < 1.29 is 13.2 Å². The number of rotatable bonds is 2. The number of allylic oxidation sites excluding steroid dienone is 1. The standard InChI is InChI=1S/C26H24BF3N6/c1-16-2-6-21-23(34-16)24-18(13-32-21)14-33-25(17-3-4-17)36(24)19-5-7-22(20(12-19)26(28,29)30)35-10-8-27(15-31)9-11-35/h2,5-7,12-13,33H,3-4,8-11,14H2,1H3. The van der Waals surface area contributed by atoms with Gasteiger partial charge in [0.25, 0.3) is 6.71 Å². The van der Waals surface area contributed by atoms with E-state index in [1.807, 2.05) is 24.0 Å². The van der Waals surface area contributed by atoms with Gasteiger partial charge in [-0.05, 0) is 68.3 Å². The van der Waals surface area contributed by atoms with Gasteiger partial charge in [-0.2, -0.15) is 13.2 Å². The maximum Gasteiger partial charge on any atom is 0.418 e. The Morgan fingerprint density at radius 1 is 1.11 bits per heavy atom. The van der Waals surface area contributed by atoms with E-state index >= 15 is 0 Å². The fourth-order valence-corrected chi connectivity index (χ4v) is 5.19. The summed E-state index contributed by atoms with van der Waals surface area (Å²) < 4.78 is 43.2. The van der Waals surface area contributed by atoms with Crippen molar-refractivity contribution in [3.8, 4) is 5.97 Å².